The van der Waals surface area contributed by atoms with E-state index in [2.05, 4.69) is 75.3 Å². The van der Waals surface area contributed by atoms with E-state index in [1.54, 1.807) is 11.3 Å². The number of thiophene rings is 1. The van der Waals surface area contributed by atoms with Crippen molar-refractivity contribution in [1.29, 1.82) is 0 Å². The lowest BCUT2D eigenvalue weighted by atomic mass is 9.99. The van der Waals surface area contributed by atoms with Gasteiger partial charge in [-0.1, -0.05) is 31.2 Å². The number of allylic oxidation sites excluding steroid dienone is 4. The average Bonchev–Trinajstić information content (AvgIpc) is 3.35. The van der Waals surface area contributed by atoms with Crippen LogP contribution in [0.25, 0.3) is 32.4 Å². The first-order chi connectivity index (χ1) is 12.8. The lowest BCUT2D eigenvalue weighted by Gasteiger charge is -2.19. The number of rotatable bonds is 3. The van der Waals surface area contributed by atoms with Crippen LogP contribution in [-0.2, 0) is 0 Å². The molecule has 0 fully saturated rings. The number of pyridine rings is 1. The lowest BCUT2D eigenvalue weighted by Crippen LogP contribution is -2.11. The summed E-state index contributed by atoms with van der Waals surface area (Å²) >= 11 is 1.75. The van der Waals surface area contributed by atoms with Gasteiger partial charge in [-0.25, -0.2) is 9.97 Å². The summed E-state index contributed by atoms with van der Waals surface area (Å²) in [5.74, 6) is 2.13. The monoisotopic (exact) mass is 359 g/mol. The molecule has 1 aromatic carbocycles. The Morgan fingerprint density at radius 2 is 2.19 bits per heavy atom. The highest BCUT2D eigenvalue weighted by Crippen LogP contribution is 2.36. The van der Waals surface area contributed by atoms with Crippen molar-refractivity contribution < 1.29 is 0 Å². The summed E-state index contributed by atoms with van der Waals surface area (Å²) in [6.45, 7) is 2.23. The maximum atomic E-state index is 4.94. The fourth-order valence-electron chi connectivity index (χ4n) is 3.34. The predicted octanol–water partition coefficient (Wildman–Crippen LogP) is 5.13. The summed E-state index contributed by atoms with van der Waals surface area (Å²) in [4.78, 5) is 9.19. The third-order valence-electron chi connectivity index (χ3n) is 4.78. The van der Waals surface area contributed by atoms with E-state index in [1.807, 2.05) is 0 Å². The van der Waals surface area contributed by atoms with E-state index in [1.165, 1.54) is 16.7 Å². The zero-order chi connectivity index (χ0) is 17.5. The van der Waals surface area contributed by atoms with Crippen LogP contribution in [0.4, 0.5) is 5.82 Å². The molecule has 1 unspecified atom stereocenters. The number of fused-ring (bicyclic) bond motifs is 3. The van der Waals surface area contributed by atoms with E-state index in [-0.39, 0.29) is 0 Å². The Hall–Kier alpha value is -2.99. The third kappa shape index (κ3) is 2.50. The maximum Gasteiger partial charge on any atom is 0.155 e. The second-order valence-corrected chi connectivity index (χ2v) is 7.42. The van der Waals surface area contributed by atoms with Crippen LogP contribution in [0.3, 0.4) is 0 Å². The molecule has 0 radical (unpaired) electrons. The molecule has 1 aliphatic carbocycles. The number of nitrogens with zero attached hydrogens (tertiary/aromatic N) is 3. The van der Waals surface area contributed by atoms with Gasteiger partial charge < -0.3 is 5.32 Å². The van der Waals surface area contributed by atoms with Gasteiger partial charge in [0.15, 0.2) is 5.82 Å². The largest absolute Gasteiger partial charge is 0.343 e. The second kappa shape index (κ2) is 6.07. The van der Waals surface area contributed by atoms with Crippen molar-refractivity contribution in [2.75, 3.05) is 5.32 Å². The molecule has 0 saturated carbocycles. The third-order valence-corrected chi connectivity index (χ3v) is 5.73. The number of nitrogens with one attached hydrogen (secondary N) is 2. The van der Waals surface area contributed by atoms with Crippen LogP contribution < -0.4 is 5.32 Å². The minimum Gasteiger partial charge on any atom is -0.343 e. The molecule has 26 heavy (non-hydrogen) atoms. The maximum absolute atomic E-state index is 4.94. The molecule has 1 aliphatic rings. The molecular formula is C20H17N5S. The standard InChI is InChI=1S/C20H17N5S/c1-12-4-2-3-5-16(12)23-20-15-8-9-26-18(15)14-7-6-13(10-17(14)24-20)19-21-11-22-25-19/h2-3,5-12H,4H2,1H3,(H,23,24)(H,21,22,25). The van der Waals surface area contributed by atoms with Crippen LogP contribution in [-0.4, -0.2) is 20.2 Å². The van der Waals surface area contributed by atoms with Gasteiger partial charge in [0, 0.05) is 26.7 Å². The normalized spacial score (nSPS) is 17.0. The van der Waals surface area contributed by atoms with E-state index in [0.29, 0.717) is 5.92 Å². The number of benzene rings is 1. The van der Waals surface area contributed by atoms with Gasteiger partial charge in [-0.3, -0.25) is 5.10 Å². The first-order valence-electron chi connectivity index (χ1n) is 8.60. The van der Waals surface area contributed by atoms with Gasteiger partial charge in [-0.15, -0.1) is 11.3 Å². The molecule has 128 valence electrons. The van der Waals surface area contributed by atoms with E-state index < -0.39 is 0 Å². The Labute approximate surface area is 154 Å². The summed E-state index contributed by atoms with van der Waals surface area (Å²) < 4.78 is 1.25. The first kappa shape index (κ1) is 15.3. The summed E-state index contributed by atoms with van der Waals surface area (Å²) in [5, 5.41) is 14.9. The van der Waals surface area contributed by atoms with Gasteiger partial charge in [-0.05, 0) is 35.9 Å². The molecule has 1 atom stereocenters. The SMILES string of the molecule is CC1CC=CC=C1Nc1nc2cc(-c3ncn[nH]3)ccc2c2sccc12. The zero-order valence-corrected chi connectivity index (χ0v) is 15.0. The molecule has 5 rings (SSSR count). The van der Waals surface area contributed by atoms with Crippen molar-refractivity contribution in [3.05, 3.63) is 59.9 Å². The lowest BCUT2D eigenvalue weighted by molar-refractivity contribution is 0.690. The Kier molecular flexibility index (Phi) is 3.57. The number of H-pyrrole nitrogens is 1. The Bertz CT molecular complexity index is 1150. The molecule has 0 amide bonds. The molecule has 4 aromatic rings. The zero-order valence-electron chi connectivity index (χ0n) is 14.2. The molecule has 2 N–H and O–H groups in total. The second-order valence-electron chi connectivity index (χ2n) is 6.50. The molecule has 3 heterocycles. The van der Waals surface area contributed by atoms with E-state index in [9.17, 15) is 0 Å². The fraction of sp³-hybridized carbons (Fsp3) is 0.150. The van der Waals surface area contributed by atoms with Crippen molar-refractivity contribution in [1.82, 2.24) is 20.2 Å². The quantitative estimate of drug-likeness (QED) is 0.532. The summed E-state index contributed by atoms with van der Waals surface area (Å²) in [7, 11) is 0. The molecule has 0 bridgehead atoms. The van der Waals surface area contributed by atoms with Gasteiger partial charge in [0.2, 0.25) is 0 Å². The topological polar surface area (TPSA) is 66.5 Å². The summed E-state index contributed by atoms with van der Waals surface area (Å²) in [5.41, 5.74) is 3.15. The Morgan fingerprint density at radius 1 is 1.23 bits per heavy atom. The van der Waals surface area contributed by atoms with E-state index in [0.717, 1.165) is 39.9 Å². The van der Waals surface area contributed by atoms with Crippen molar-refractivity contribution >= 4 is 38.1 Å². The van der Waals surface area contributed by atoms with Gasteiger partial charge in [0.1, 0.15) is 12.1 Å². The number of hydrogen-bond donors (Lipinski definition) is 2. The van der Waals surface area contributed by atoms with Gasteiger partial charge >= 0.3 is 0 Å². The van der Waals surface area contributed by atoms with Crippen molar-refractivity contribution in [2.24, 2.45) is 5.92 Å². The highest BCUT2D eigenvalue weighted by atomic mass is 32.1. The highest BCUT2D eigenvalue weighted by molar-refractivity contribution is 7.18. The minimum absolute atomic E-state index is 0.465. The van der Waals surface area contributed by atoms with Crippen LogP contribution >= 0.6 is 11.3 Å². The van der Waals surface area contributed by atoms with Crippen LogP contribution in [0.15, 0.2) is 59.9 Å². The van der Waals surface area contributed by atoms with Crippen molar-refractivity contribution in [2.45, 2.75) is 13.3 Å². The van der Waals surface area contributed by atoms with Crippen LogP contribution in [0, 0.1) is 5.92 Å². The van der Waals surface area contributed by atoms with Crippen LogP contribution in [0.1, 0.15) is 13.3 Å². The van der Waals surface area contributed by atoms with Gasteiger partial charge in [-0.2, -0.15) is 5.10 Å². The van der Waals surface area contributed by atoms with Gasteiger partial charge in [0.25, 0.3) is 0 Å². The molecule has 0 saturated heterocycles. The number of hydrogen-bond acceptors (Lipinski definition) is 5. The van der Waals surface area contributed by atoms with Crippen LogP contribution in [0.5, 0.6) is 0 Å². The summed E-state index contributed by atoms with van der Waals surface area (Å²) in [6.07, 6.45) is 9.02. The highest BCUT2D eigenvalue weighted by Gasteiger charge is 2.15. The molecule has 5 nitrogen and oxygen atoms in total. The minimum atomic E-state index is 0.465. The molecule has 6 heteroatoms. The van der Waals surface area contributed by atoms with Crippen molar-refractivity contribution in [3.63, 3.8) is 0 Å². The molecular weight excluding hydrogens is 342 g/mol. The molecule has 0 spiro atoms. The Balaban J connectivity index is 1.67. The smallest absolute Gasteiger partial charge is 0.155 e. The molecule has 0 aliphatic heterocycles. The number of aromatic amines is 1. The number of aromatic nitrogens is 4. The van der Waals surface area contributed by atoms with E-state index >= 15 is 0 Å². The van der Waals surface area contributed by atoms with Crippen LogP contribution in [0.2, 0.25) is 0 Å². The Morgan fingerprint density at radius 3 is 3.04 bits per heavy atom. The van der Waals surface area contributed by atoms with E-state index in [4.69, 9.17) is 4.98 Å². The summed E-state index contributed by atoms with van der Waals surface area (Å²) in [6, 6.07) is 8.39. The first-order valence-corrected chi connectivity index (χ1v) is 9.48. The average molecular weight is 359 g/mol. The fourth-order valence-corrected chi connectivity index (χ4v) is 4.27. The number of anilines is 1. The van der Waals surface area contributed by atoms with Crippen molar-refractivity contribution in [3.8, 4) is 11.4 Å². The predicted molar refractivity (Wildman–Crippen MR) is 107 cm³/mol. The van der Waals surface area contributed by atoms with Gasteiger partial charge in [0.05, 0.1) is 5.52 Å². The molecule has 3 aromatic heterocycles.